The van der Waals surface area contributed by atoms with Gasteiger partial charge in [0.15, 0.2) is 5.06 Å². The van der Waals surface area contributed by atoms with E-state index in [1.54, 1.807) is 6.92 Å². The van der Waals surface area contributed by atoms with E-state index in [1.807, 2.05) is 0 Å². The van der Waals surface area contributed by atoms with Crippen LogP contribution in [-0.2, 0) is 0 Å². The topological polar surface area (TPSA) is 33.1 Å². The maximum absolute atomic E-state index is 13.3. The Balaban J connectivity index is 2.58. The predicted octanol–water partition coefficient (Wildman–Crippen LogP) is 3.10. The van der Waals surface area contributed by atoms with Crippen LogP contribution < -0.4 is 0 Å². The van der Waals surface area contributed by atoms with Gasteiger partial charge in [-0.3, -0.25) is 0 Å². The largest absolute Gasteiger partial charge is 0.498 e. The monoisotopic (exact) mass is 227 g/mol. The lowest BCUT2D eigenvalue weighted by Crippen LogP contribution is -1.85. The molecule has 0 unspecified atom stereocenters. The van der Waals surface area contributed by atoms with Crippen LogP contribution >= 0.6 is 11.3 Å². The SMILES string of the molecule is Cc1nc(-c2cc(F)ccc2F)sc1O. The smallest absolute Gasteiger partial charge is 0.195 e. The fourth-order valence-electron chi connectivity index (χ4n) is 1.16. The van der Waals surface area contributed by atoms with Crippen molar-refractivity contribution in [1.82, 2.24) is 4.98 Å². The van der Waals surface area contributed by atoms with E-state index >= 15 is 0 Å². The summed E-state index contributed by atoms with van der Waals surface area (Å²) in [7, 11) is 0. The highest BCUT2D eigenvalue weighted by atomic mass is 32.1. The molecule has 0 fully saturated rings. The molecule has 0 radical (unpaired) electrons. The standard InChI is InChI=1S/C10H7F2NOS/c1-5-10(14)15-9(13-5)7-4-6(11)2-3-8(7)12/h2-4,14H,1H3. The molecule has 1 N–H and O–H groups in total. The number of aromatic hydroxyl groups is 1. The van der Waals surface area contributed by atoms with E-state index in [4.69, 9.17) is 0 Å². The molecule has 0 saturated heterocycles. The second-order valence-corrected chi connectivity index (χ2v) is 4.01. The molecular weight excluding hydrogens is 220 g/mol. The summed E-state index contributed by atoms with van der Waals surface area (Å²) in [6.45, 7) is 1.60. The van der Waals surface area contributed by atoms with Gasteiger partial charge < -0.3 is 5.11 Å². The summed E-state index contributed by atoms with van der Waals surface area (Å²) in [4.78, 5) is 3.94. The first-order valence-electron chi connectivity index (χ1n) is 4.20. The molecule has 0 aliphatic heterocycles. The van der Waals surface area contributed by atoms with E-state index < -0.39 is 11.6 Å². The van der Waals surface area contributed by atoms with E-state index in [0.29, 0.717) is 5.69 Å². The fourth-order valence-corrected chi connectivity index (χ4v) is 1.99. The Bertz CT molecular complexity index is 491. The van der Waals surface area contributed by atoms with Crippen LogP contribution in [0.1, 0.15) is 5.69 Å². The van der Waals surface area contributed by atoms with Crippen molar-refractivity contribution >= 4 is 11.3 Å². The first-order valence-corrected chi connectivity index (χ1v) is 5.01. The summed E-state index contributed by atoms with van der Waals surface area (Å²) < 4.78 is 26.2. The van der Waals surface area contributed by atoms with Gasteiger partial charge in [-0.1, -0.05) is 11.3 Å². The highest BCUT2D eigenvalue weighted by molar-refractivity contribution is 7.16. The second kappa shape index (κ2) is 3.58. The van der Waals surface area contributed by atoms with Gasteiger partial charge in [0.05, 0.1) is 5.69 Å². The number of thiazole rings is 1. The van der Waals surface area contributed by atoms with Crippen LogP contribution in [0.15, 0.2) is 18.2 Å². The third-order valence-electron chi connectivity index (χ3n) is 1.93. The van der Waals surface area contributed by atoms with Gasteiger partial charge >= 0.3 is 0 Å². The van der Waals surface area contributed by atoms with Crippen molar-refractivity contribution in [3.05, 3.63) is 35.5 Å². The minimum absolute atomic E-state index is 0.0219. The first-order chi connectivity index (χ1) is 7.08. The predicted molar refractivity (Wildman–Crippen MR) is 53.9 cm³/mol. The Morgan fingerprint density at radius 1 is 1.33 bits per heavy atom. The Morgan fingerprint density at radius 3 is 2.67 bits per heavy atom. The van der Waals surface area contributed by atoms with Crippen molar-refractivity contribution < 1.29 is 13.9 Å². The zero-order valence-electron chi connectivity index (χ0n) is 7.79. The molecule has 5 heteroatoms. The molecule has 0 aliphatic carbocycles. The molecule has 0 aliphatic rings. The second-order valence-electron chi connectivity index (χ2n) is 3.03. The molecule has 1 heterocycles. The quantitative estimate of drug-likeness (QED) is 0.812. The lowest BCUT2D eigenvalue weighted by atomic mass is 10.2. The molecular formula is C10H7F2NOS. The molecule has 0 amide bonds. The minimum Gasteiger partial charge on any atom is -0.498 e. The van der Waals surface area contributed by atoms with Crippen LogP contribution in [0.3, 0.4) is 0 Å². The van der Waals surface area contributed by atoms with E-state index in [-0.39, 0.29) is 15.6 Å². The molecule has 1 aromatic heterocycles. The maximum Gasteiger partial charge on any atom is 0.195 e. The summed E-state index contributed by atoms with van der Waals surface area (Å²) in [5.74, 6) is -1.08. The normalized spacial score (nSPS) is 10.6. The molecule has 78 valence electrons. The lowest BCUT2D eigenvalue weighted by molar-refractivity contribution is 0.485. The number of halogens is 2. The number of rotatable bonds is 1. The molecule has 2 aromatic rings. The zero-order chi connectivity index (χ0) is 11.0. The summed E-state index contributed by atoms with van der Waals surface area (Å²) >= 11 is 0.928. The highest BCUT2D eigenvalue weighted by Crippen LogP contribution is 2.33. The summed E-state index contributed by atoms with van der Waals surface area (Å²) in [5, 5.41) is 9.60. The van der Waals surface area contributed by atoms with Gasteiger partial charge in [-0.05, 0) is 25.1 Å². The van der Waals surface area contributed by atoms with Gasteiger partial charge in [0.1, 0.15) is 16.6 Å². The van der Waals surface area contributed by atoms with Crippen LogP contribution in [0.2, 0.25) is 0 Å². The number of aryl methyl sites for hydroxylation is 1. The Kier molecular flexibility index (Phi) is 2.40. The van der Waals surface area contributed by atoms with Gasteiger partial charge in [0, 0.05) is 5.56 Å². The number of benzene rings is 1. The van der Waals surface area contributed by atoms with Gasteiger partial charge in [0.25, 0.3) is 0 Å². The van der Waals surface area contributed by atoms with Crippen molar-refractivity contribution in [2.24, 2.45) is 0 Å². The Labute approximate surface area is 88.8 Å². The van der Waals surface area contributed by atoms with Crippen LogP contribution in [-0.4, -0.2) is 10.1 Å². The van der Waals surface area contributed by atoms with E-state index in [1.165, 1.54) is 0 Å². The number of nitrogens with zero attached hydrogens (tertiary/aromatic N) is 1. The molecule has 1 aromatic carbocycles. The number of aromatic nitrogens is 1. The zero-order valence-corrected chi connectivity index (χ0v) is 8.61. The summed E-state index contributed by atoms with van der Waals surface area (Å²) in [6, 6.07) is 3.14. The van der Waals surface area contributed by atoms with Gasteiger partial charge in [-0.15, -0.1) is 0 Å². The fraction of sp³-hybridized carbons (Fsp3) is 0.100. The van der Waals surface area contributed by atoms with Crippen molar-refractivity contribution in [2.75, 3.05) is 0 Å². The van der Waals surface area contributed by atoms with E-state index in [2.05, 4.69) is 4.98 Å². The van der Waals surface area contributed by atoms with Crippen molar-refractivity contribution in [2.45, 2.75) is 6.92 Å². The average Bonchev–Trinajstić information content (AvgIpc) is 2.51. The van der Waals surface area contributed by atoms with Crippen LogP contribution in [0.4, 0.5) is 8.78 Å². The third kappa shape index (κ3) is 1.83. The number of hydrogen-bond acceptors (Lipinski definition) is 3. The van der Waals surface area contributed by atoms with Crippen LogP contribution in [0, 0.1) is 18.6 Å². The van der Waals surface area contributed by atoms with Gasteiger partial charge in [-0.25, -0.2) is 13.8 Å². The van der Waals surface area contributed by atoms with E-state index in [9.17, 15) is 13.9 Å². The summed E-state index contributed by atoms with van der Waals surface area (Å²) in [5.41, 5.74) is 0.488. The Morgan fingerprint density at radius 2 is 2.07 bits per heavy atom. The van der Waals surface area contributed by atoms with Crippen molar-refractivity contribution in [3.63, 3.8) is 0 Å². The molecule has 0 atom stereocenters. The molecule has 0 saturated carbocycles. The third-order valence-corrected chi connectivity index (χ3v) is 2.92. The number of hydrogen-bond donors (Lipinski definition) is 1. The molecule has 2 rings (SSSR count). The maximum atomic E-state index is 13.3. The molecule has 0 spiro atoms. The highest BCUT2D eigenvalue weighted by Gasteiger charge is 2.12. The van der Waals surface area contributed by atoms with Crippen LogP contribution in [0.5, 0.6) is 5.06 Å². The lowest BCUT2D eigenvalue weighted by Gasteiger charge is -1.97. The van der Waals surface area contributed by atoms with Crippen molar-refractivity contribution in [3.8, 4) is 15.6 Å². The van der Waals surface area contributed by atoms with Crippen molar-refractivity contribution in [1.29, 1.82) is 0 Å². The first kappa shape index (κ1) is 10.0. The average molecular weight is 227 g/mol. The molecule has 0 bridgehead atoms. The summed E-state index contributed by atoms with van der Waals surface area (Å²) in [6.07, 6.45) is 0. The van der Waals surface area contributed by atoms with Crippen LogP contribution in [0.25, 0.3) is 10.6 Å². The molecule has 15 heavy (non-hydrogen) atoms. The minimum atomic E-state index is -0.551. The van der Waals surface area contributed by atoms with Gasteiger partial charge in [0.2, 0.25) is 0 Å². The molecule has 2 nitrogen and oxygen atoms in total. The van der Waals surface area contributed by atoms with Gasteiger partial charge in [-0.2, -0.15) is 0 Å². The van der Waals surface area contributed by atoms with E-state index in [0.717, 1.165) is 29.5 Å². The Hall–Kier alpha value is -1.49.